The van der Waals surface area contributed by atoms with E-state index in [4.69, 9.17) is 16.3 Å². The number of nitrogens with zero attached hydrogens (tertiary/aromatic N) is 3. The highest BCUT2D eigenvalue weighted by Crippen LogP contribution is 2.19. The molecule has 0 fully saturated rings. The molecular formula is C14H14ClN3O2. The lowest BCUT2D eigenvalue weighted by Crippen LogP contribution is -2.27. The molecule has 5 nitrogen and oxygen atoms in total. The molecule has 2 rings (SSSR count). The summed E-state index contributed by atoms with van der Waals surface area (Å²) >= 11 is 5.65. The van der Waals surface area contributed by atoms with E-state index in [9.17, 15) is 4.79 Å². The molecule has 1 aromatic heterocycles. The summed E-state index contributed by atoms with van der Waals surface area (Å²) in [6.07, 6.45) is 0. The van der Waals surface area contributed by atoms with Gasteiger partial charge in [-0.3, -0.25) is 4.79 Å². The Balaban J connectivity index is 2.13. The first kappa shape index (κ1) is 14.3. The molecule has 104 valence electrons. The molecule has 0 aliphatic carbocycles. The molecule has 0 unspecified atom stereocenters. The first-order valence-electron chi connectivity index (χ1n) is 5.98. The highest BCUT2D eigenvalue weighted by Gasteiger charge is 2.15. The lowest BCUT2D eigenvalue weighted by Gasteiger charge is -2.18. The first-order chi connectivity index (χ1) is 9.61. The Morgan fingerprint density at radius 2 is 2.00 bits per heavy atom. The van der Waals surface area contributed by atoms with Crippen LogP contribution < -0.4 is 4.74 Å². The van der Waals surface area contributed by atoms with Gasteiger partial charge in [-0.25, -0.2) is 0 Å². The lowest BCUT2D eigenvalue weighted by molar-refractivity contribution is 0.0777. The fourth-order valence-corrected chi connectivity index (χ4v) is 1.89. The van der Waals surface area contributed by atoms with Crippen molar-refractivity contribution in [2.24, 2.45) is 0 Å². The van der Waals surface area contributed by atoms with E-state index >= 15 is 0 Å². The number of carbonyl (C=O) groups is 1. The van der Waals surface area contributed by atoms with Crippen LogP contribution in [0.1, 0.15) is 16.1 Å². The van der Waals surface area contributed by atoms with Crippen molar-refractivity contribution in [1.82, 2.24) is 15.1 Å². The van der Waals surface area contributed by atoms with Gasteiger partial charge >= 0.3 is 0 Å². The van der Waals surface area contributed by atoms with E-state index in [0.29, 0.717) is 6.54 Å². The van der Waals surface area contributed by atoms with E-state index in [2.05, 4.69) is 10.2 Å². The predicted molar refractivity (Wildman–Crippen MR) is 75.8 cm³/mol. The summed E-state index contributed by atoms with van der Waals surface area (Å²) in [5.74, 6) is 0.523. The molecule has 2 aromatic rings. The number of carbonyl (C=O) groups excluding carboxylic acids is 1. The van der Waals surface area contributed by atoms with Crippen LogP contribution in [0.4, 0.5) is 0 Å². The molecule has 1 amide bonds. The lowest BCUT2D eigenvalue weighted by atomic mass is 10.2. The van der Waals surface area contributed by atoms with E-state index in [1.54, 1.807) is 31.2 Å². The number of para-hydroxylation sites is 1. The quantitative estimate of drug-likeness (QED) is 0.868. The molecule has 6 heteroatoms. The van der Waals surface area contributed by atoms with Crippen molar-refractivity contribution in [3.63, 3.8) is 0 Å². The van der Waals surface area contributed by atoms with Crippen molar-refractivity contribution in [3.05, 3.63) is 52.8 Å². The molecule has 0 saturated carbocycles. The predicted octanol–water partition coefficient (Wildman–Crippen LogP) is 2.41. The highest BCUT2D eigenvalue weighted by molar-refractivity contribution is 6.29. The van der Waals surface area contributed by atoms with Crippen molar-refractivity contribution < 1.29 is 9.53 Å². The smallest absolute Gasteiger partial charge is 0.274 e. The SMILES string of the molecule is COc1ccccc1CN(C)C(=O)c1ccc(Cl)nn1. The van der Waals surface area contributed by atoms with Crippen LogP contribution in [0.5, 0.6) is 5.75 Å². The van der Waals surface area contributed by atoms with Gasteiger partial charge in [0, 0.05) is 19.2 Å². The summed E-state index contributed by atoms with van der Waals surface area (Å²) in [6, 6.07) is 10.6. The summed E-state index contributed by atoms with van der Waals surface area (Å²) < 4.78 is 5.26. The van der Waals surface area contributed by atoms with Gasteiger partial charge in [0.1, 0.15) is 5.75 Å². The van der Waals surface area contributed by atoms with Gasteiger partial charge in [0.25, 0.3) is 5.91 Å². The molecule has 0 saturated heterocycles. The summed E-state index contributed by atoms with van der Waals surface area (Å²) in [4.78, 5) is 13.8. The Hall–Kier alpha value is -2.14. The van der Waals surface area contributed by atoms with Crippen LogP contribution in [-0.2, 0) is 6.54 Å². The molecule has 0 radical (unpaired) electrons. The topological polar surface area (TPSA) is 55.3 Å². The maximum Gasteiger partial charge on any atom is 0.274 e. The Kier molecular flexibility index (Phi) is 4.53. The summed E-state index contributed by atoms with van der Waals surface area (Å²) in [6.45, 7) is 0.424. The van der Waals surface area contributed by atoms with Crippen molar-refractivity contribution in [3.8, 4) is 5.75 Å². The Morgan fingerprint density at radius 3 is 2.65 bits per heavy atom. The van der Waals surface area contributed by atoms with Crippen molar-refractivity contribution in [2.45, 2.75) is 6.54 Å². The molecule has 1 aromatic carbocycles. The largest absolute Gasteiger partial charge is 0.496 e. The third-order valence-corrected chi connectivity index (χ3v) is 3.00. The fraction of sp³-hybridized carbons (Fsp3) is 0.214. The Bertz CT molecular complexity index is 602. The highest BCUT2D eigenvalue weighted by atomic mass is 35.5. The van der Waals surface area contributed by atoms with Gasteiger partial charge in [-0.15, -0.1) is 10.2 Å². The van der Waals surface area contributed by atoms with E-state index in [0.717, 1.165) is 11.3 Å². The van der Waals surface area contributed by atoms with Crippen molar-refractivity contribution in [1.29, 1.82) is 0 Å². The van der Waals surface area contributed by atoms with E-state index in [1.165, 1.54) is 0 Å². The second kappa shape index (κ2) is 6.34. The number of hydrogen-bond donors (Lipinski definition) is 0. The zero-order chi connectivity index (χ0) is 14.5. The standard InChI is InChI=1S/C14H14ClN3O2/c1-18(9-10-5-3-4-6-12(10)20-2)14(19)11-7-8-13(15)17-16-11/h3-8H,9H2,1-2H3. The number of hydrogen-bond acceptors (Lipinski definition) is 4. The summed E-state index contributed by atoms with van der Waals surface area (Å²) in [7, 11) is 3.30. The average molecular weight is 292 g/mol. The molecule has 0 N–H and O–H groups in total. The number of aromatic nitrogens is 2. The molecule has 0 bridgehead atoms. The molecular weight excluding hydrogens is 278 g/mol. The van der Waals surface area contributed by atoms with E-state index < -0.39 is 0 Å². The Labute approximate surface area is 122 Å². The minimum absolute atomic E-state index is 0.222. The Morgan fingerprint density at radius 1 is 1.25 bits per heavy atom. The number of methoxy groups -OCH3 is 1. The van der Waals surface area contributed by atoms with Crippen LogP contribution in [0, 0.1) is 0 Å². The van der Waals surface area contributed by atoms with Crippen LogP contribution in [0.3, 0.4) is 0 Å². The van der Waals surface area contributed by atoms with Gasteiger partial charge in [0.2, 0.25) is 0 Å². The van der Waals surface area contributed by atoms with E-state index in [1.807, 2.05) is 24.3 Å². The van der Waals surface area contributed by atoms with Crippen LogP contribution in [-0.4, -0.2) is 35.2 Å². The number of amides is 1. The van der Waals surface area contributed by atoms with Crippen LogP contribution in [0.2, 0.25) is 5.15 Å². The number of ether oxygens (including phenoxy) is 1. The molecule has 20 heavy (non-hydrogen) atoms. The summed E-state index contributed by atoms with van der Waals surface area (Å²) in [5, 5.41) is 7.70. The van der Waals surface area contributed by atoms with Gasteiger partial charge in [0.15, 0.2) is 10.8 Å². The molecule has 0 spiro atoms. The zero-order valence-electron chi connectivity index (χ0n) is 11.2. The maximum absolute atomic E-state index is 12.2. The van der Waals surface area contributed by atoms with E-state index in [-0.39, 0.29) is 16.8 Å². The third-order valence-electron chi connectivity index (χ3n) is 2.80. The van der Waals surface area contributed by atoms with Crippen LogP contribution in [0.25, 0.3) is 0 Å². The monoisotopic (exact) mass is 291 g/mol. The minimum Gasteiger partial charge on any atom is -0.496 e. The van der Waals surface area contributed by atoms with Gasteiger partial charge in [0.05, 0.1) is 7.11 Å². The van der Waals surface area contributed by atoms with Gasteiger partial charge in [-0.05, 0) is 18.2 Å². The van der Waals surface area contributed by atoms with Crippen molar-refractivity contribution in [2.75, 3.05) is 14.2 Å². The average Bonchev–Trinajstić information content (AvgIpc) is 2.48. The first-order valence-corrected chi connectivity index (χ1v) is 6.36. The minimum atomic E-state index is -0.222. The fourth-order valence-electron chi connectivity index (χ4n) is 1.79. The molecule has 0 aliphatic heterocycles. The maximum atomic E-state index is 12.2. The number of rotatable bonds is 4. The van der Waals surface area contributed by atoms with Gasteiger partial charge in [-0.2, -0.15) is 0 Å². The molecule has 0 atom stereocenters. The second-order valence-corrected chi connectivity index (χ2v) is 4.60. The van der Waals surface area contributed by atoms with Crippen LogP contribution >= 0.6 is 11.6 Å². The zero-order valence-corrected chi connectivity index (χ0v) is 12.0. The summed E-state index contributed by atoms with van der Waals surface area (Å²) in [5.41, 5.74) is 1.18. The molecule has 1 heterocycles. The van der Waals surface area contributed by atoms with Gasteiger partial charge < -0.3 is 9.64 Å². The third kappa shape index (κ3) is 3.24. The van der Waals surface area contributed by atoms with Crippen molar-refractivity contribution >= 4 is 17.5 Å². The van der Waals surface area contributed by atoms with Crippen LogP contribution in [0.15, 0.2) is 36.4 Å². The normalized spacial score (nSPS) is 10.2. The van der Waals surface area contributed by atoms with Gasteiger partial charge in [-0.1, -0.05) is 29.8 Å². The number of halogens is 1. The molecule has 0 aliphatic rings. The second-order valence-electron chi connectivity index (χ2n) is 4.21. The number of benzene rings is 1.